The van der Waals surface area contributed by atoms with Crippen molar-refractivity contribution in [3.05, 3.63) is 12.2 Å². The first-order valence-corrected chi connectivity index (χ1v) is 3.64. The Bertz CT molecular complexity index is 76.6. The summed E-state index contributed by atoms with van der Waals surface area (Å²) in [6.07, 6.45) is 5.56. The third-order valence-corrected chi connectivity index (χ3v) is 1.36. The highest BCUT2D eigenvalue weighted by Crippen LogP contribution is 1.83. The summed E-state index contributed by atoms with van der Waals surface area (Å²) in [6.45, 7) is 6.54. The zero-order valence-electron chi connectivity index (χ0n) is 6.72. The molecule has 0 heterocycles. The normalized spacial score (nSPS) is 11.6. The molecule has 0 saturated heterocycles. The Morgan fingerprint density at radius 2 is 1.89 bits per heavy atom. The van der Waals surface area contributed by atoms with Crippen LogP contribution >= 0.6 is 0 Å². The molecule has 0 amide bonds. The smallest absolute Gasteiger partial charge is 0.0160 e. The summed E-state index contributed by atoms with van der Waals surface area (Å²) < 4.78 is 0. The summed E-state index contributed by atoms with van der Waals surface area (Å²) in [5.41, 5.74) is 0. The molecule has 0 aromatic rings. The molecule has 0 atom stereocenters. The molecular weight excluding hydrogens is 110 g/mol. The lowest BCUT2D eigenvalue weighted by Gasteiger charge is -2.08. The lowest BCUT2D eigenvalue weighted by atomic mass is 10.4. The average Bonchev–Trinajstić information content (AvgIpc) is 1.89. The van der Waals surface area contributed by atoms with E-state index in [2.05, 4.69) is 37.9 Å². The number of rotatable bonds is 4. The van der Waals surface area contributed by atoms with Crippen LogP contribution in [-0.2, 0) is 0 Å². The van der Waals surface area contributed by atoms with E-state index in [0.717, 1.165) is 19.5 Å². The van der Waals surface area contributed by atoms with Gasteiger partial charge in [0, 0.05) is 6.54 Å². The number of hydrogen-bond donors (Lipinski definition) is 0. The van der Waals surface area contributed by atoms with E-state index in [4.69, 9.17) is 0 Å². The second-order valence-corrected chi connectivity index (χ2v) is 2.23. The highest BCUT2D eigenvalue weighted by Gasteiger charge is 1.85. The number of nitrogens with zero attached hydrogens (tertiary/aromatic N) is 1. The van der Waals surface area contributed by atoms with Gasteiger partial charge >= 0.3 is 0 Å². The molecule has 0 radical (unpaired) electrons. The molecule has 1 heteroatoms. The summed E-state index contributed by atoms with van der Waals surface area (Å²) in [5.74, 6) is 0. The van der Waals surface area contributed by atoms with Crippen LogP contribution in [-0.4, -0.2) is 25.0 Å². The molecule has 0 aliphatic heterocycles. The summed E-state index contributed by atoms with van der Waals surface area (Å²) >= 11 is 0. The van der Waals surface area contributed by atoms with Crippen LogP contribution in [0.3, 0.4) is 0 Å². The van der Waals surface area contributed by atoms with Gasteiger partial charge in [-0.25, -0.2) is 0 Å². The van der Waals surface area contributed by atoms with Gasteiger partial charge in [0.15, 0.2) is 0 Å². The highest BCUT2D eigenvalue weighted by atomic mass is 15.1. The van der Waals surface area contributed by atoms with Crippen LogP contribution in [0.4, 0.5) is 0 Å². The van der Waals surface area contributed by atoms with Crippen molar-refractivity contribution in [1.29, 1.82) is 0 Å². The van der Waals surface area contributed by atoms with E-state index in [1.807, 2.05) is 0 Å². The van der Waals surface area contributed by atoms with Crippen molar-refractivity contribution in [1.82, 2.24) is 4.90 Å². The van der Waals surface area contributed by atoms with Gasteiger partial charge in [0.2, 0.25) is 0 Å². The second-order valence-electron chi connectivity index (χ2n) is 2.23. The minimum absolute atomic E-state index is 1.09. The van der Waals surface area contributed by atoms with Crippen LogP contribution in [0.5, 0.6) is 0 Å². The molecular formula is C8H17N. The van der Waals surface area contributed by atoms with E-state index < -0.39 is 0 Å². The van der Waals surface area contributed by atoms with Gasteiger partial charge in [0.1, 0.15) is 0 Å². The molecule has 0 rings (SSSR count). The quantitative estimate of drug-likeness (QED) is 0.521. The molecule has 0 bridgehead atoms. The first kappa shape index (κ1) is 8.70. The first-order valence-electron chi connectivity index (χ1n) is 3.64. The van der Waals surface area contributed by atoms with Crippen molar-refractivity contribution in [3.8, 4) is 0 Å². The molecule has 1 nitrogen and oxygen atoms in total. The van der Waals surface area contributed by atoms with Gasteiger partial charge in [0.25, 0.3) is 0 Å². The van der Waals surface area contributed by atoms with Gasteiger partial charge in [-0.3, -0.25) is 0 Å². The maximum Gasteiger partial charge on any atom is 0.0160 e. The molecule has 0 aliphatic rings. The SMILES string of the molecule is CCC=CCN(C)CC. The molecule has 0 saturated carbocycles. The lowest BCUT2D eigenvalue weighted by molar-refractivity contribution is 0.392. The average molecular weight is 127 g/mol. The molecule has 0 unspecified atom stereocenters. The Balaban J connectivity index is 3.15. The van der Waals surface area contributed by atoms with Gasteiger partial charge < -0.3 is 4.90 Å². The molecule has 0 N–H and O–H groups in total. The fourth-order valence-corrected chi connectivity index (χ4v) is 0.550. The highest BCUT2D eigenvalue weighted by molar-refractivity contribution is 4.82. The van der Waals surface area contributed by atoms with Gasteiger partial charge in [0.05, 0.1) is 0 Å². The fourth-order valence-electron chi connectivity index (χ4n) is 0.550. The lowest BCUT2D eigenvalue weighted by Crippen LogP contribution is -2.16. The van der Waals surface area contributed by atoms with Crippen molar-refractivity contribution in [2.24, 2.45) is 0 Å². The number of likely N-dealkylation sites (N-methyl/N-ethyl adjacent to an activating group) is 1. The van der Waals surface area contributed by atoms with Crippen molar-refractivity contribution in [2.75, 3.05) is 20.1 Å². The Labute approximate surface area is 58.4 Å². The third-order valence-electron chi connectivity index (χ3n) is 1.36. The van der Waals surface area contributed by atoms with Crippen LogP contribution in [0, 0.1) is 0 Å². The van der Waals surface area contributed by atoms with Gasteiger partial charge in [-0.15, -0.1) is 0 Å². The molecule has 0 spiro atoms. The Morgan fingerprint density at radius 1 is 1.22 bits per heavy atom. The second kappa shape index (κ2) is 5.83. The van der Waals surface area contributed by atoms with Gasteiger partial charge in [-0.2, -0.15) is 0 Å². The third kappa shape index (κ3) is 5.57. The van der Waals surface area contributed by atoms with E-state index in [1.54, 1.807) is 0 Å². The van der Waals surface area contributed by atoms with Crippen molar-refractivity contribution >= 4 is 0 Å². The van der Waals surface area contributed by atoms with Crippen molar-refractivity contribution < 1.29 is 0 Å². The van der Waals surface area contributed by atoms with Crippen molar-refractivity contribution in [3.63, 3.8) is 0 Å². The standard InChI is InChI=1S/C8H17N/c1-4-6-7-8-9(3)5-2/h6-7H,4-5,8H2,1-3H3. The van der Waals surface area contributed by atoms with E-state index in [-0.39, 0.29) is 0 Å². The predicted molar refractivity (Wildman–Crippen MR) is 42.6 cm³/mol. The molecule has 0 aromatic carbocycles. The van der Waals surface area contributed by atoms with Crippen LogP contribution < -0.4 is 0 Å². The molecule has 54 valence electrons. The van der Waals surface area contributed by atoms with E-state index in [0.29, 0.717) is 0 Å². The summed E-state index contributed by atoms with van der Waals surface area (Å²) in [5, 5.41) is 0. The largest absolute Gasteiger partial charge is 0.303 e. The number of hydrogen-bond acceptors (Lipinski definition) is 1. The molecule has 9 heavy (non-hydrogen) atoms. The molecule has 0 fully saturated rings. The fraction of sp³-hybridized carbons (Fsp3) is 0.750. The summed E-state index contributed by atoms with van der Waals surface area (Å²) in [7, 11) is 2.12. The van der Waals surface area contributed by atoms with Gasteiger partial charge in [-0.1, -0.05) is 26.0 Å². The topological polar surface area (TPSA) is 3.24 Å². The Hall–Kier alpha value is -0.300. The predicted octanol–water partition coefficient (Wildman–Crippen LogP) is 1.90. The van der Waals surface area contributed by atoms with Crippen LogP contribution in [0.15, 0.2) is 12.2 Å². The Kier molecular flexibility index (Phi) is 5.64. The Morgan fingerprint density at radius 3 is 2.33 bits per heavy atom. The zero-order valence-corrected chi connectivity index (χ0v) is 6.72. The van der Waals surface area contributed by atoms with E-state index >= 15 is 0 Å². The monoisotopic (exact) mass is 127 g/mol. The van der Waals surface area contributed by atoms with Crippen LogP contribution in [0.1, 0.15) is 20.3 Å². The molecule has 0 aliphatic carbocycles. The van der Waals surface area contributed by atoms with Crippen LogP contribution in [0.2, 0.25) is 0 Å². The first-order chi connectivity index (χ1) is 4.31. The maximum absolute atomic E-state index is 2.27. The number of allylic oxidation sites excluding steroid dienone is 1. The minimum Gasteiger partial charge on any atom is -0.303 e. The zero-order chi connectivity index (χ0) is 7.11. The summed E-state index contributed by atoms with van der Waals surface area (Å²) in [6, 6.07) is 0. The summed E-state index contributed by atoms with van der Waals surface area (Å²) in [4.78, 5) is 2.27. The maximum atomic E-state index is 2.27. The van der Waals surface area contributed by atoms with Crippen LogP contribution in [0.25, 0.3) is 0 Å². The van der Waals surface area contributed by atoms with Crippen molar-refractivity contribution in [2.45, 2.75) is 20.3 Å². The van der Waals surface area contributed by atoms with E-state index in [1.165, 1.54) is 0 Å². The van der Waals surface area contributed by atoms with Gasteiger partial charge in [-0.05, 0) is 20.0 Å². The van der Waals surface area contributed by atoms with E-state index in [9.17, 15) is 0 Å². The molecule has 0 aromatic heterocycles. The minimum atomic E-state index is 1.09.